The van der Waals surface area contributed by atoms with Crippen LogP contribution in [0.1, 0.15) is 42.5 Å². The number of rotatable bonds is 6. The van der Waals surface area contributed by atoms with Gasteiger partial charge in [-0.05, 0) is 30.5 Å². The van der Waals surface area contributed by atoms with Gasteiger partial charge in [-0.2, -0.15) is 0 Å². The summed E-state index contributed by atoms with van der Waals surface area (Å²) in [7, 11) is 0. The summed E-state index contributed by atoms with van der Waals surface area (Å²) in [4.78, 5) is 43.5. The molecule has 7 nitrogen and oxygen atoms in total. The van der Waals surface area contributed by atoms with Crippen molar-refractivity contribution in [1.29, 1.82) is 0 Å². The standard InChI is InChI=1S/C20H21BrN4O3S/c21-14-5-3-13(4-6-14)11-15-12-22-18(29-15)23-16(26)7-10-25-17(27)20(24-19(25)28)8-1-2-9-20/h3-6,12H,1-2,7-11H2,(H,24,28)(H,22,23,26). The molecule has 4 amide bonds. The highest BCUT2D eigenvalue weighted by Crippen LogP contribution is 2.35. The Morgan fingerprint density at radius 1 is 1.24 bits per heavy atom. The molecule has 0 atom stereocenters. The molecule has 2 aromatic rings. The predicted molar refractivity (Wildman–Crippen MR) is 114 cm³/mol. The molecule has 2 fully saturated rings. The molecular weight excluding hydrogens is 456 g/mol. The van der Waals surface area contributed by atoms with Gasteiger partial charge in [0.25, 0.3) is 5.91 Å². The first kappa shape index (κ1) is 20.0. The summed E-state index contributed by atoms with van der Waals surface area (Å²) in [6, 6.07) is 7.67. The lowest BCUT2D eigenvalue weighted by Crippen LogP contribution is -2.44. The molecule has 1 aliphatic heterocycles. The summed E-state index contributed by atoms with van der Waals surface area (Å²) in [6.45, 7) is 0.0787. The summed E-state index contributed by atoms with van der Waals surface area (Å²) in [5, 5.41) is 6.11. The first-order chi connectivity index (χ1) is 13.9. The summed E-state index contributed by atoms with van der Waals surface area (Å²) in [6.07, 6.45) is 5.78. The van der Waals surface area contributed by atoms with Gasteiger partial charge in [0.2, 0.25) is 5.91 Å². The first-order valence-corrected chi connectivity index (χ1v) is 11.2. The Bertz CT molecular complexity index is 937. The number of hydrogen-bond acceptors (Lipinski definition) is 5. The van der Waals surface area contributed by atoms with E-state index in [1.165, 1.54) is 16.2 Å². The second kappa shape index (κ2) is 8.23. The number of halogens is 1. The molecule has 1 aromatic carbocycles. The van der Waals surface area contributed by atoms with Gasteiger partial charge in [-0.3, -0.25) is 14.5 Å². The van der Waals surface area contributed by atoms with Crippen LogP contribution in [-0.2, 0) is 16.0 Å². The summed E-state index contributed by atoms with van der Waals surface area (Å²) in [5.74, 6) is -0.457. The van der Waals surface area contributed by atoms with E-state index in [4.69, 9.17) is 0 Å². The number of amides is 4. The number of carbonyl (C=O) groups excluding carboxylic acids is 3. The number of imide groups is 1. The van der Waals surface area contributed by atoms with E-state index in [0.717, 1.165) is 34.2 Å². The molecule has 2 N–H and O–H groups in total. The minimum atomic E-state index is -0.731. The number of nitrogens with zero attached hydrogens (tertiary/aromatic N) is 2. The van der Waals surface area contributed by atoms with Crippen LogP contribution in [0.3, 0.4) is 0 Å². The molecule has 2 heterocycles. The molecule has 29 heavy (non-hydrogen) atoms. The van der Waals surface area contributed by atoms with E-state index < -0.39 is 11.6 Å². The highest BCUT2D eigenvalue weighted by atomic mass is 79.9. The lowest BCUT2D eigenvalue weighted by molar-refractivity contribution is -0.131. The smallest absolute Gasteiger partial charge is 0.323 e. The monoisotopic (exact) mass is 476 g/mol. The minimum absolute atomic E-state index is 0.0524. The lowest BCUT2D eigenvalue weighted by Gasteiger charge is -2.19. The van der Waals surface area contributed by atoms with Crippen molar-refractivity contribution < 1.29 is 14.4 Å². The molecule has 0 unspecified atom stereocenters. The van der Waals surface area contributed by atoms with Crippen molar-refractivity contribution in [3.63, 3.8) is 0 Å². The van der Waals surface area contributed by atoms with E-state index in [-0.39, 0.29) is 24.8 Å². The number of hydrogen-bond donors (Lipinski definition) is 2. The Kier molecular flexibility index (Phi) is 5.69. The molecule has 1 aliphatic carbocycles. The molecule has 9 heteroatoms. The van der Waals surface area contributed by atoms with Crippen LogP contribution in [0.4, 0.5) is 9.93 Å². The number of urea groups is 1. The third-order valence-electron chi connectivity index (χ3n) is 5.36. The van der Waals surface area contributed by atoms with Gasteiger partial charge in [-0.1, -0.05) is 40.9 Å². The first-order valence-electron chi connectivity index (χ1n) is 9.58. The highest BCUT2D eigenvalue weighted by Gasteiger charge is 2.52. The Morgan fingerprint density at radius 2 is 1.97 bits per heavy atom. The van der Waals surface area contributed by atoms with E-state index in [2.05, 4.69) is 31.5 Å². The molecule has 4 rings (SSSR count). The van der Waals surface area contributed by atoms with Crippen molar-refractivity contribution in [2.24, 2.45) is 0 Å². The number of benzene rings is 1. The summed E-state index contributed by atoms with van der Waals surface area (Å²) < 4.78 is 1.03. The molecule has 1 saturated heterocycles. The number of anilines is 1. The number of aromatic nitrogens is 1. The Balaban J connectivity index is 1.29. The quantitative estimate of drug-likeness (QED) is 0.621. The van der Waals surface area contributed by atoms with Gasteiger partial charge in [0, 0.05) is 34.9 Å². The van der Waals surface area contributed by atoms with Crippen molar-refractivity contribution in [3.8, 4) is 0 Å². The van der Waals surface area contributed by atoms with Crippen LogP contribution in [0.2, 0.25) is 0 Å². The van der Waals surface area contributed by atoms with Crippen molar-refractivity contribution in [3.05, 3.63) is 45.4 Å². The van der Waals surface area contributed by atoms with Gasteiger partial charge in [-0.15, -0.1) is 11.3 Å². The molecule has 0 bridgehead atoms. The number of nitrogens with one attached hydrogen (secondary N) is 2. The van der Waals surface area contributed by atoms with Crippen LogP contribution in [-0.4, -0.2) is 39.8 Å². The lowest BCUT2D eigenvalue weighted by atomic mass is 9.98. The fourth-order valence-electron chi connectivity index (χ4n) is 3.84. The van der Waals surface area contributed by atoms with Crippen LogP contribution in [0, 0.1) is 0 Å². The van der Waals surface area contributed by atoms with Gasteiger partial charge in [0.05, 0.1) is 0 Å². The van der Waals surface area contributed by atoms with E-state index >= 15 is 0 Å². The summed E-state index contributed by atoms with van der Waals surface area (Å²) in [5.41, 5.74) is 0.430. The average molecular weight is 477 g/mol. The molecular formula is C20H21BrN4O3S. The molecule has 152 valence electrons. The van der Waals surface area contributed by atoms with Gasteiger partial charge in [0.15, 0.2) is 5.13 Å². The third kappa shape index (κ3) is 4.35. The molecule has 1 aromatic heterocycles. The van der Waals surface area contributed by atoms with Gasteiger partial charge >= 0.3 is 6.03 Å². The van der Waals surface area contributed by atoms with Crippen molar-refractivity contribution in [2.45, 2.75) is 44.1 Å². The van der Waals surface area contributed by atoms with Gasteiger partial charge in [-0.25, -0.2) is 9.78 Å². The fourth-order valence-corrected chi connectivity index (χ4v) is 4.97. The minimum Gasteiger partial charge on any atom is -0.323 e. The molecule has 0 radical (unpaired) electrons. The van der Waals surface area contributed by atoms with E-state index in [0.29, 0.717) is 18.0 Å². The zero-order valence-corrected chi connectivity index (χ0v) is 18.1. The number of thiazole rings is 1. The normalized spacial score (nSPS) is 17.8. The van der Waals surface area contributed by atoms with Gasteiger partial charge in [0.1, 0.15) is 5.54 Å². The van der Waals surface area contributed by atoms with Crippen molar-refractivity contribution in [2.75, 3.05) is 11.9 Å². The van der Waals surface area contributed by atoms with Crippen LogP contribution in [0.25, 0.3) is 0 Å². The zero-order valence-electron chi connectivity index (χ0n) is 15.7. The SMILES string of the molecule is O=C(CCN1C(=O)NC2(CCCC2)C1=O)Nc1ncc(Cc2ccc(Br)cc2)s1. The highest BCUT2D eigenvalue weighted by molar-refractivity contribution is 9.10. The predicted octanol–water partition coefficient (Wildman–Crippen LogP) is 3.69. The molecule has 2 aliphatic rings. The summed E-state index contributed by atoms with van der Waals surface area (Å²) >= 11 is 4.84. The maximum absolute atomic E-state index is 12.6. The van der Waals surface area contributed by atoms with E-state index in [1.54, 1.807) is 6.20 Å². The molecule has 1 saturated carbocycles. The Morgan fingerprint density at radius 3 is 2.69 bits per heavy atom. The number of carbonyl (C=O) groups is 3. The zero-order chi connectivity index (χ0) is 20.4. The third-order valence-corrected chi connectivity index (χ3v) is 6.80. The molecule has 1 spiro atoms. The Labute approximate surface area is 181 Å². The Hall–Kier alpha value is -2.26. The van der Waals surface area contributed by atoms with E-state index in [1.807, 2.05) is 24.3 Å². The van der Waals surface area contributed by atoms with Crippen LogP contribution < -0.4 is 10.6 Å². The topological polar surface area (TPSA) is 91.4 Å². The fraction of sp³-hybridized carbons (Fsp3) is 0.400. The van der Waals surface area contributed by atoms with Crippen molar-refractivity contribution in [1.82, 2.24) is 15.2 Å². The second-order valence-corrected chi connectivity index (χ2v) is 9.44. The second-order valence-electron chi connectivity index (χ2n) is 7.41. The van der Waals surface area contributed by atoms with Crippen LogP contribution in [0.15, 0.2) is 34.9 Å². The maximum atomic E-state index is 12.6. The average Bonchev–Trinajstić information content (AvgIpc) is 3.38. The van der Waals surface area contributed by atoms with E-state index in [9.17, 15) is 14.4 Å². The van der Waals surface area contributed by atoms with Crippen LogP contribution in [0.5, 0.6) is 0 Å². The van der Waals surface area contributed by atoms with Crippen molar-refractivity contribution >= 4 is 50.2 Å². The van der Waals surface area contributed by atoms with Gasteiger partial charge < -0.3 is 10.6 Å². The largest absolute Gasteiger partial charge is 0.325 e. The van der Waals surface area contributed by atoms with Crippen LogP contribution >= 0.6 is 27.3 Å². The maximum Gasteiger partial charge on any atom is 0.325 e.